The van der Waals surface area contributed by atoms with Gasteiger partial charge in [0.2, 0.25) is 0 Å². The summed E-state index contributed by atoms with van der Waals surface area (Å²) >= 11 is 0. The van der Waals surface area contributed by atoms with Gasteiger partial charge in [0.15, 0.2) is 12.2 Å². The predicted octanol–water partition coefficient (Wildman–Crippen LogP) is 20.0. The number of aliphatic hydroxyl groups is 1. The molecule has 0 saturated heterocycles. The quantitative estimate of drug-likeness (QED) is 0.0222. The molecule has 0 heterocycles. The third kappa shape index (κ3) is 64.6. The average molecular weight is 1310 g/mol. The molecule has 0 saturated carbocycles. The Morgan fingerprint density at radius 3 is 0.764 bits per heavy atom. The second-order valence-corrected chi connectivity index (χ2v) is 29.1. The molecule has 528 valence electrons. The summed E-state index contributed by atoms with van der Waals surface area (Å²) in [6.07, 6.45) is 47.4. The van der Waals surface area contributed by atoms with E-state index in [-0.39, 0.29) is 25.7 Å². The Hall–Kier alpha value is -1.94. The van der Waals surface area contributed by atoms with Gasteiger partial charge in [0.05, 0.1) is 26.4 Å². The fourth-order valence-electron chi connectivity index (χ4n) is 10.6. The fraction of sp³-hybridized carbons (Fsp3) is 0.943. The molecule has 0 radical (unpaired) electrons. The van der Waals surface area contributed by atoms with Gasteiger partial charge in [-0.25, -0.2) is 9.13 Å². The van der Waals surface area contributed by atoms with Crippen LogP contribution in [0.4, 0.5) is 0 Å². The number of phosphoric acid groups is 2. The van der Waals surface area contributed by atoms with Crippen molar-refractivity contribution in [1.82, 2.24) is 0 Å². The van der Waals surface area contributed by atoms with Crippen molar-refractivity contribution in [3.05, 3.63) is 0 Å². The minimum Gasteiger partial charge on any atom is -0.462 e. The second-order valence-electron chi connectivity index (χ2n) is 26.2. The van der Waals surface area contributed by atoms with Crippen LogP contribution in [0.3, 0.4) is 0 Å². The van der Waals surface area contributed by atoms with Gasteiger partial charge in [-0.15, -0.1) is 0 Å². The maximum absolute atomic E-state index is 13.0. The van der Waals surface area contributed by atoms with Crippen molar-refractivity contribution < 1.29 is 80.2 Å². The average Bonchev–Trinajstić information content (AvgIpc) is 3.71. The Morgan fingerprint density at radius 2 is 0.517 bits per heavy atom. The summed E-state index contributed by atoms with van der Waals surface area (Å²) in [4.78, 5) is 72.4. The Balaban J connectivity index is 5.20. The van der Waals surface area contributed by atoms with Gasteiger partial charge in [0, 0.05) is 25.7 Å². The smallest absolute Gasteiger partial charge is 0.462 e. The number of ether oxygens (including phenoxy) is 4. The topological polar surface area (TPSA) is 237 Å². The van der Waals surface area contributed by atoms with E-state index in [0.29, 0.717) is 31.6 Å². The lowest BCUT2D eigenvalue weighted by Crippen LogP contribution is -2.30. The van der Waals surface area contributed by atoms with Crippen molar-refractivity contribution in [1.29, 1.82) is 0 Å². The van der Waals surface area contributed by atoms with E-state index in [2.05, 4.69) is 41.5 Å². The Kier molecular flexibility index (Phi) is 60.8. The molecule has 89 heavy (non-hydrogen) atoms. The zero-order valence-corrected chi connectivity index (χ0v) is 59.5. The number of esters is 4. The van der Waals surface area contributed by atoms with Crippen LogP contribution in [-0.2, 0) is 65.4 Å². The van der Waals surface area contributed by atoms with E-state index in [1.54, 1.807) is 0 Å². The van der Waals surface area contributed by atoms with E-state index in [1.807, 2.05) is 0 Å². The van der Waals surface area contributed by atoms with Crippen molar-refractivity contribution in [3.8, 4) is 0 Å². The number of carbonyl (C=O) groups is 4. The molecule has 0 rings (SSSR count). The molecule has 5 atom stereocenters. The number of unbranched alkanes of at least 4 members (excludes halogenated alkanes) is 39. The van der Waals surface area contributed by atoms with Gasteiger partial charge in [0.1, 0.15) is 19.3 Å². The van der Waals surface area contributed by atoms with Crippen molar-refractivity contribution in [2.45, 2.75) is 374 Å². The first kappa shape index (κ1) is 87.1. The van der Waals surface area contributed by atoms with Crippen molar-refractivity contribution in [2.75, 3.05) is 39.6 Å². The number of rotatable bonds is 69. The molecule has 19 heteroatoms. The SMILES string of the molecule is CCCCCCCCCCCCCCCCCCC(=O)OC[C@H](COP(=O)(O)OC[C@@H](O)COP(=O)(O)OC[C@@H](COC(=O)CCCCCCCCCC)OC(=O)CCCCCCCCC(C)C)OC(=O)CCCCCCCCCCCCCCCC(C)C. The van der Waals surface area contributed by atoms with Crippen LogP contribution in [0.15, 0.2) is 0 Å². The van der Waals surface area contributed by atoms with Gasteiger partial charge in [0.25, 0.3) is 0 Å². The molecule has 0 aliphatic heterocycles. The van der Waals surface area contributed by atoms with Gasteiger partial charge in [-0.2, -0.15) is 0 Å². The van der Waals surface area contributed by atoms with Crippen LogP contribution in [-0.4, -0.2) is 96.7 Å². The second kappa shape index (κ2) is 62.2. The highest BCUT2D eigenvalue weighted by molar-refractivity contribution is 7.47. The lowest BCUT2D eigenvalue weighted by atomic mass is 10.0. The number of phosphoric ester groups is 2. The molecule has 0 aromatic rings. The zero-order chi connectivity index (χ0) is 65.7. The maximum atomic E-state index is 13.0. The molecule has 0 fully saturated rings. The number of hydrogen-bond donors (Lipinski definition) is 3. The van der Waals surface area contributed by atoms with E-state index in [1.165, 1.54) is 167 Å². The van der Waals surface area contributed by atoms with Crippen LogP contribution in [0.5, 0.6) is 0 Å². The van der Waals surface area contributed by atoms with Crippen LogP contribution in [0.2, 0.25) is 0 Å². The van der Waals surface area contributed by atoms with Gasteiger partial charge in [-0.1, -0.05) is 305 Å². The van der Waals surface area contributed by atoms with Gasteiger partial charge >= 0.3 is 39.5 Å². The normalized spacial score (nSPS) is 14.1. The monoisotopic (exact) mass is 1310 g/mol. The van der Waals surface area contributed by atoms with Crippen molar-refractivity contribution >= 4 is 39.5 Å². The number of carbonyl (C=O) groups excluding carboxylic acids is 4. The number of hydrogen-bond acceptors (Lipinski definition) is 15. The van der Waals surface area contributed by atoms with E-state index in [4.69, 9.17) is 37.0 Å². The highest BCUT2D eigenvalue weighted by atomic mass is 31.2. The lowest BCUT2D eigenvalue weighted by molar-refractivity contribution is -0.161. The summed E-state index contributed by atoms with van der Waals surface area (Å²) in [6, 6.07) is 0. The standard InChI is InChI=1S/C70H136O17P2/c1-7-9-11-13-15-17-18-19-20-21-24-27-30-34-41-47-53-68(73)81-58-65(86-69(74)54-48-42-35-31-28-25-22-23-26-29-32-38-44-50-62(3)4)60-84-88(76,77)82-56-64(71)57-83-89(78,79)85-61-66(59-80-67(72)52-46-40-33-16-14-12-10-8-2)87-70(75)55-49-43-37-36-39-45-51-63(5)6/h62-66,71H,7-61H2,1-6H3,(H,76,77)(H,78,79)/t64-,65-,66-/m1/s1. The summed E-state index contributed by atoms with van der Waals surface area (Å²) in [5, 5.41) is 10.6. The minimum atomic E-state index is -4.95. The van der Waals surface area contributed by atoms with E-state index in [9.17, 15) is 43.2 Å². The minimum absolute atomic E-state index is 0.102. The highest BCUT2D eigenvalue weighted by Crippen LogP contribution is 2.45. The molecular weight excluding hydrogens is 1170 g/mol. The summed E-state index contributed by atoms with van der Waals surface area (Å²) < 4.78 is 68.2. The maximum Gasteiger partial charge on any atom is 0.472 e. The summed E-state index contributed by atoms with van der Waals surface area (Å²) in [5.74, 6) is -0.674. The molecule has 0 aliphatic carbocycles. The third-order valence-electron chi connectivity index (χ3n) is 16.2. The van der Waals surface area contributed by atoms with E-state index in [0.717, 1.165) is 102 Å². The first-order valence-corrected chi connectivity index (χ1v) is 39.5. The first-order valence-electron chi connectivity index (χ1n) is 36.5. The van der Waals surface area contributed by atoms with Crippen LogP contribution in [0.1, 0.15) is 356 Å². The largest absolute Gasteiger partial charge is 0.472 e. The molecule has 0 amide bonds. The van der Waals surface area contributed by atoms with Crippen molar-refractivity contribution in [2.24, 2.45) is 11.8 Å². The van der Waals surface area contributed by atoms with E-state index < -0.39 is 97.5 Å². The van der Waals surface area contributed by atoms with Crippen LogP contribution >= 0.6 is 15.6 Å². The van der Waals surface area contributed by atoms with E-state index >= 15 is 0 Å². The summed E-state index contributed by atoms with van der Waals surface area (Å²) in [5.41, 5.74) is 0. The lowest BCUT2D eigenvalue weighted by Gasteiger charge is -2.21. The molecule has 2 unspecified atom stereocenters. The highest BCUT2D eigenvalue weighted by Gasteiger charge is 2.30. The molecule has 0 aliphatic rings. The molecule has 0 bridgehead atoms. The molecule has 17 nitrogen and oxygen atoms in total. The van der Waals surface area contributed by atoms with Crippen LogP contribution in [0, 0.1) is 11.8 Å². The fourth-order valence-corrected chi connectivity index (χ4v) is 12.2. The van der Waals surface area contributed by atoms with Crippen LogP contribution < -0.4 is 0 Å². The van der Waals surface area contributed by atoms with Crippen LogP contribution in [0.25, 0.3) is 0 Å². The molecular formula is C70H136O17P2. The zero-order valence-electron chi connectivity index (χ0n) is 57.7. The summed E-state index contributed by atoms with van der Waals surface area (Å²) in [7, 11) is -9.89. The van der Waals surface area contributed by atoms with Gasteiger partial charge in [-0.3, -0.25) is 37.3 Å². The van der Waals surface area contributed by atoms with Crippen molar-refractivity contribution in [3.63, 3.8) is 0 Å². The molecule has 0 spiro atoms. The van der Waals surface area contributed by atoms with Gasteiger partial charge < -0.3 is 33.8 Å². The Labute approximate surface area is 543 Å². The number of aliphatic hydroxyl groups excluding tert-OH is 1. The first-order chi connectivity index (χ1) is 42.9. The van der Waals surface area contributed by atoms with Gasteiger partial charge in [-0.05, 0) is 37.5 Å². The molecule has 0 aromatic heterocycles. The summed E-state index contributed by atoms with van der Waals surface area (Å²) in [6.45, 7) is 9.45. The predicted molar refractivity (Wildman–Crippen MR) is 358 cm³/mol. The molecule has 0 aromatic carbocycles. The third-order valence-corrected chi connectivity index (χ3v) is 18.1. The molecule has 3 N–H and O–H groups in total. The Bertz CT molecular complexity index is 1730. The Morgan fingerprint density at radius 1 is 0.303 bits per heavy atom.